The summed E-state index contributed by atoms with van der Waals surface area (Å²) in [7, 11) is 0. The Morgan fingerprint density at radius 1 is 1.00 bits per heavy atom. The Morgan fingerprint density at radius 3 is 2.43 bits per heavy atom. The Balaban J connectivity index is 2.27. The van der Waals surface area contributed by atoms with E-state index >= 15 is 0 Å². The average Bonchev–Trinajstić information content (AvgIpc) is 2.45. The first-order valence-electron chi connectivity index (χ1n) is 7.24. The van der Waals surface area contributed by atoms with E-state index < -0.39 is 0 Å². The van der Waals surface area contributed by atoms with E-state index in [1.807, 2.05) is 57.2 Å². The number of hydrogen-bond donors (Lipinski definition) is 2. The second-order valence-corrected chi connectivity index (χ2v) is 5.33. The SMILES string of the molecule is CCNc1ccc(C)cc1C(=O)Nc1ccc(C)c(C)c1. The van der Waals surface area contributed by atoms with Gasteiger partial charge in [-0.15, -0.1) is 0 Å². The molecule has 0 radical (unpaired) electrons. The monoisotopic (exact) mass is 282 g/mol. The summed E-state index contributed by atoms with van der Waals surface area (Å²) in [6.07, 6.45) is 0. The van der Waals surface area contributed by atoms with Gasteiger partial charge in [-0.2, -0.15) is 0 Å². The number of aryl methyl sites for hydroxylation is 3. The lowest BCUT2D eigenvalue weighted by Crippen LogP contribution is -2.15. The molecule has 2 N–H and O–H groups in total. The Bertz CT molecular complexity index is 662. The van der Waals surface area contributed by atoms with Crippen molar-refractivity contribution in [1.29, 1.82) is 0 Å². The normalized spacial score (nSPS) is 10.3. The third-order valence-electron chi connectivity index (χ3n) is 3.55. The van der Waals surface area contributed by atoms with Crippen LogP contribution in [0.2, 0.25) is 0 Å². The molecule has 0 saturated carbocycles. The van der Waals surface area contributed by atoms with Gasteiger partial charge in [0, 0.05) is 17.9 Å². The molecule has 0 spiro atoms. The second kappa shape index (κ2) is 6.44. The lowest BCUT2D eigenvalue weighted by atomic mass is 10.1. The van der Waals surface area contributed by atoms with Gasteiger partial charge in [-0.1, -0.05) is 17.7 Å². The minimum atomic E-state index is -0.0853. The Morgan fingerprint density at radius 2 is 1.76 bits per heavy atom. The Labute approximate surface area is 126 Å². The van der Waals surface area contributed by atoms with Crippen molar-refractivity contribution >= 4 is 17.3 Å². The van der Waals surface area contributed by atoms with Crippen molar-refractivity contribution in [2.24, 2.45) is 0 Å². The molecule has 0 unspecified atom stereocenters. The van der Waals surface area contributed by atoms with Crippen molar-refractivity contribution in [3.8, 4) is 0 Å². The Kier molecular flexibility index (Phi) is 4.63. The van der Waals surface area contributed by atoms with Crippen LogP contribution in [0.15, 0.2) is 36.4 Å². The van der Waals surface area contributed by atoms with E-state index in [2.05, 4.69) is 17.6 Å². The maximum Gasteiger partial charge on any atom is 0.257 e. The summed E-state index contributed by atoms with van der Waals surface area (Å²) in [6.45, 7) is 8.90. The van der Waals surface area contributed by atoms with Crippen LogP contribution in [0.4, 0.5) is 11.4 Å². The fourth-order valence-corrected chi connectivity index (χ4v) is 2.21. The zero-order chi connectivity index (χ0) is 15.4. The molecule has 0 aliphatic carbocycles. The zero-order valence-electron chi connectivity index (χ0n) is 13.1. The molecule has 0 aliphatic rings. The van der Waals surface area contributed by atoms with Crippen LogP contribution < -0.4 is 10.6 Å². The van der Waals surface area contributed by atoms with E-state index in [9.17, 15) is 4.79 Å². The van der Waals surface area contributed by atoms with Gasteiger partial charge < -0.3 is 10.6 Å². The highest BCUT2D eigenvalue weighted by Crippen LogP contribution is 2.20. The molecule has 0 saturated heterocycles. The largest absolute Gasteiger partial charge is 0.385 e. The van der Waals surface area contributed by atoms with E-state index in [1.54, 1.807) is 0 Å². The number of amides is 1. The number of anilines is 2. The molecule has 2 aromatic carbocycles. The molecule has 0 bridgehead atoms. The van der Waals surface area contributed by atoms with E-state index in [4.69, 9.17) is 0 Å². The van der Waals surface area contributed by atoms with Gasteiger partial charge in [0.25, 0.3) is 5.91 Å². The van der Waals surface area contributed by atoms with Crippen LogP contribution in [0.3, 0.4) is 0 Å². The first-order valence-corrected chi connectivity index (χ1v) is 7.24. The standard InChI is InChI=1S/C18H22N2O/c1-5-19-17-9-6-12(2)10-16(17)18(21)20-15-8-7-13(3)14(4)11-15/h6-11,19H,5H2,1-4H3,(H,20,21). The summed E-state index contributed by atoms with van der Waals surface area (Å²) in [6, 6.07) is 11.8. The quantitative estimate of drug-likeness (QED) is 0.878. The minimum absolute atomic E-state index is 0.0853. The van der Waals surface area contributed by atoms with Gasteiger partial charge in [-0.05, 0) is 63.1 Å². The van der Waals surface area contributed by atoms with Crippen molar-refractivity contribution in [3.05, 3.63) is 58.7 Å². The molecule has 2 rings (SSSR count). The number of benzene rings is 2. The number of nitrogens with one attached hydrogen (secondary N) is 2. The number of carbonyl (C=O) groups excluding carboxylic acids is 1. The summed E-state index contributed by atoms with van der Waals surface area (Å²) in [4.78, 5) is 12.5. The van der Waals surface area contributed by atoms with Crippen LogP contribution in [0, 0.1) is 20.8 Å². The van der Waals surface area contributed by atoms with Crippen molar-refractivity contribution in [2.45, 2.75) is 27.7 Å². The molecule has 3 nitrogen and oxygen atoms in total. The van der Waals surface area contributed by atoms with Gasteiger partial charge in [-0.25, -0.2) is 0 Å². The molecule has 21 heavy (non-hydrogen) atoms. The molecule has 110 valence electrons. The van der Waals surface area contributed by atoms with Gasteiger partial charge in [0.2, 0.25) is 0 Å². The molecule has 3 heteroatoms. The molecule has 1 amide bonds. The highest BCUT2D eigenvalue weighted by atomic mass is 16.1. The van der Waals surface area contributed by atoms with Crippen LogP contribution in [0.25, 0.3) is 0 Å². The number of carbonyl (C=O) groups is 1. The molecule has 0 aliphatic heterocycles. The van der Waals surface area contributed by atoms with Gasteiger partial charge in [0.15, 0.2) is 0 Å². The first kappa shape index (κ1) is 15.1. The Hall–Kier alpha value is -2.29. The summed E-state index contributed by atoms with van der Waals surface area (Å²) in [5, 5.41) is 6.20. The lowest BCUT2D eigenvalue weighted by Gasteiger charge is -2.13. The average molecular weight is 282 g/mol. The van der Waals surface area contributed by atoms with Crippen molar-refractivity contribution < 1.29 is 4.79 Å². The summed E-state index contributed by atoms with van der Waals surface area (Å²) in [5.41, 5.74) is 5.83. The third-order valence-corrected chi connectivity index (χ3v) is 3.55. The second-order valence-electron chi connectivity index (χ2n) is 5.33. The van der Waals surface area contributed by atoms with Gasteiger partial charge >= 0.3 is 0 Å². The van der Waals surface area contributed by atoms with E-state index in [0.717, 1.165) is 23.5 Å². The lowest BCUT2D eigenvalue weighted by molar-refractivity contribution is 0.102. The van der Waals surface area contributed by atoms with Crippen LogP contribution in [-0.4, -0.2) is 12.5 Å². The molecule has 0 atom stereocenters. The molecule has 0 heterocycles. The smallest absolute Gasteiger partial charge is 0.257 e. The molecular formula is C18H22N2O. The maximum atomic E-state index is 12.5. The van der Waals surface area contributed by atoms with Crippen LogP contribution in [0.1, 0.15) is 34.0 Å². The van der Waals surface area contributed by atoms with Crippen molar-refractivity contribution in [3.63, 3.8) is 0 Å². The topological polar surface area (TPSA) is 41.1 Å². The van der Waals surface area contributed by atoms with Gasteiger partial charge in [0.1, 0.15) is 0 Å². The third kappa shape index (κ3) is 3.63. The van der Waals surface area contributed by atoms with E-state index in [-0.39, 0.29) is 5.91 Å². The number of rotatable bonds is 4. The molecule has 0 fully saturated rings. The summed E-state index contributed by atoms with van der Waals surface area (Å²) < 4.78 is 0. The minimum Gasteiger partial charge on any atom is -0.385 e. The van der Waals surface area contributed by atoms with Gasteiger partial charge in [-0.3, -0.25) is 4.79 Å². The summed E-state index contributed by atoms with van der Waals surface area (Å²) >= 11 is 0. The van der Waals surface area contributed by atoms with Crippen molar-refractivity contribution in [1.82, 2.24) is 0 Å². The van der Waals surface area contributed by atoms with Crippen LogP contribution >= 0.6 is 0 Å². The fourth-order valence-electron chi connectivity index (χ4n) is 2.21. The van der Waals surface area contributed by atoms with E-state index in [0.29, 0.717) is 5.56 Å². The van der Waals surface area contributed by atoms with Crippen molar-refractivity contribution in [2.75, 3.05) is 17.2 Å². The zero-order valence-corrected chi connectivity index (χ0v) is 13.1. The van der Waals surface area contributed by atoms with Gasteiger partial charge in [0.05, 0.1) is 5.56 Å². The number of hydrogen-bond acceptors (Lipinski definition) is 2. The summed E-state index contributed by atoms with van der Waals surface area (Å²) in [5.74, 6) is -0.0853. The molecule has 0 aromatic heterocycles. The highest BCUT2D eigenvalue weighted by Gasteiger charge is 2.12. The molecular weight excluding hydrogens is 260 g/mol. The predicted molar refractivity (Wildman–Crippen MR) is 89.2 cm³/mol. The predicted octanol–water partition coefficient (Wildman–Crippen LogP) is 4.30. The first-order chi connectivity index (χ1) is 10.0. The van der Waals surface area contributed by atoms with Crippen LogP contribution in [-0.2, 0) is 0 Å². The van der Waals surface area contributed by atoms with E-state index in [1.165, 1.54) is 11.1 Å². The maximum absolute atomic E-state index is 12.5. The highest BCUT2D eigenvalue weighted by molar-refractivity contribution is 6.08. The molecule has 2 aromatic rings. The van der Waals surface area contributed by atoms with Crippen LogP contribution in [0.5, 0.6) is 0 Å². The fraction of sp³-hybridized carbons (Fsp3) is 0.278.